The van der Waals surface area contributed by atoms with Crippen LogP contribution in [0.1, 0.15) is 49.3 Å². The second-order valence-electron chi connectivity index (χ2n) is 8.79. The molecule has 1 aliphatic heterocycles. The lowest BCUT2D eigenvalue weighted by molar-refractivity contribution is -0.200. The molecule has 0 aromatic heterocycles. The normalized spacial score (nSPS) is 20.3. The Hall–Kier alpha value is -2.50. The minimum Gasteiger partial charge on any atom is -0.481 e. The van der Waals surface area contributed by atoms with Gasteiger partial charge >= 0.3 is 24.4 Å². The number of hydrogen-bond donors (Lipinski definition) is 1. The number of rotatable bonds is 5. The van der Waals surface area contributed by atoms with Gasteiger partial charge in [-0.3, -0.25) is 9.69 Å². The summed E-state index contributed by atoms with van der Waals surface area (Å²) in [4.78, 5) is 26.6. The number of aliphatic carboxylic acids is 1. The third-order valence-electron chi connectivity index (χ3n) is 6.60. The van der Waals surface area contributed by atoms with Crippen molar-refractivity contribution in [2.24, 2.45) is 0 Å². The van der Waals surface area contributed by atoms with Crippen molar-refractivity contribution in [2.45, 2.75) is 63.0 Å². The molecule has 1 amide bonds. The molecule has 0 radical (unpaired) electrons. The van der Waals surface area contributed by atoms with Crippen LogP contribution >= 0.6 is 0 Å². The lowest BCUT2D eigenvalue weighted by atomic mass is 9.78. The number of benzene rings is 1. The molecular weight excluding hydrogens is 470 g/mol. The summed E-state index contributed by atoms with van der Waals surface area (Å²) >= 11 is 0. The Balaban J connectivity index is 1.70. The summed E-state index contributed by atoms with van der Waals surface area (Å²) in [6, 6.07) is 3.67. The summed E-state index contributed by atoms with van der Waals surface area (Å²) in [6.45, 7) is 0.921. The molecule has 1 heterocycles. The number of carboxylic acids is 1. The van der Waals surface area contributed by atoms with Gasteiger partial charge in [0.1, 0.15) is 0 Å². The van der Waals surface area contributed by atoms with Crippen LogP contribution in [0.3, 0.4) is 0 Å². The number of amides is 1. The highest BCUT2D eigenvalue weighted by atomic mass is 19.4. The first-order chi connectivity index (χ1) is 15.7. The van der Waals surface area contributed by atoms with E-state index in [2.05, 4.69) is 4.74 Å². The van der Waals surface area contributed by atoms with Gasteiger partial charge in [-0.15, -0.1) is 0 Å². The number of ether oxygens (including phenoxy) is 1. The molecular formula is C22H26F6N2O4. The van der Waals surface area contributed by atoms with Crippen molar-refractivity contribution < 1.29 is 45.8 Å². The Bertz CT molecular complexity index is 904. The highest BCUT2D eigenvalue weighted by Gasteiger charge is 2.45. The van der Waals surface area contributed by atoms with Crippen LogP contribution in [-0.4, -0.2) is 65.4 Å². The van der Waals surface area contributed by atoms with E-state index in [1.165, 1.54) is 12.1 Å². The predicted molar refractivity (Wildman–Crippen MR) is 108 cm³/mol. The summed E-state index contributed by atoms with van der Waals surface area (Å²) in [5.41, 5.74) is -2.12. The van der Waals surface area contributed by atoms with E-state index in [-0.39, 0.29) is 56.7 Å². The molecule has 1 aliphatic carbocycles. The molecule has 1 aromatic carbocycles. The van der Waals surface area contributed by atoms with E-state index < -0.39 is 41.5 Å². The third kappa shape index (κ3) is 5.59. The summed E-state index contributed by atoms with van der Waals surface area (Å²) < 4.78 is 83.7. The molecule has 190 valence electrons. The largest absolute Gasteiger partial charge is 0.481 e. The Morgan fingerprint density at radius 3 is 2.15 bits per heavy atom. The molecule has 2 fully saturated rings. The highest BCUT2D eigenvalue weighted by Crippen LogP contribution is 2.44. The molecule has 34 heavy (non-hydrogen) atoms. The van der Waals surface area contributed by atoms with Crippen LogP contribution in [0.2, 0.25) is 0 Å². The van der Waals surface area contributed by atoms with E-state index >= 15 is 0 Å². The fourth-order valence-corrected chi connectivity index (χ4v) is 4.50. The maximum atomic E-state index is 13.9. The molecule has 0 spiro atoms. The summed E-state index contributed by atoms with van der Waals surface area (Å²) in [6.07, 6.45) is -10.9. The Labute approximate surface area is 192 Å². The van der Waals surface area contributed by atoms with Crippen molar-refractivity contribution in [3.8, 4) is 0 Å². The van der Waals surface area contributed by atoms with Gasteiger partial charge in [0.25, 0.3) is 0 Å². The van der Waals surface area contributed by atoms with Crippen molar-refractivity contribution in [3.63, 3.8) is 0 Å². The Kier molecular flexibility index (Phi) is 7.40. The summed E-state index contributed by atoms with van der Waals surface area (Å²) in [5.74, 6) is -1.13. The third-order valence-corrected chi connectivity index (χ3v) is 6.60. The maximum absolute atomic E-state index is 13.9. The summed E-state index contributed by atoms with van der Waals surface area (Å²) in [7, 11) is 0. The standard InChI is InChI=1S/C22H26F6N2O4/c1-14(21(23,24)25)34-19(33)30-10-8-29(9-11-30)13-15-4-5-16(12-17(15)22(26,27)28)20(18(31)32)6-2-3-7-20/h4-5,12,14H,2-3,6-11,13H2,1H3,(H,31,32). The molecule has 0 bridgehead atoms. The molecule has 1 unspecified atom stereocenters. The van der Waals surface area contributed by atoms with E-state index in [1.807, 2.05) is 0 Å². The highest BCUT2D eigenvalue weighted by molar-refractivity contribution is 5.82. The number of carboxylic acid groups (broad SMARTS) is 1. The van der Waals surface area contributed by atoms with Gasteiger partial charge in [0, 0.05) is 32.7 Å². The van der Waals surface area contributed by atoms with E-state index in [9.17, 15) is 41.0 Å². The van der Waals surface area contributed by atoms with Gasteiger partial charge in [0.2, 0.25) is 0 Å². The average Bonchev–Trinajstić information content (AvgIpc) is 3.24. The van der Waals surface area contributed by atoms with Crippen molar-refractivity contribution in [1.29, 1.82) is 0 Å². The molecule has 12 heteroatoms. The quantitative estimate of drug-likeness (QED) is 0.593. The zero-order chi connectivity index (χ0) is 25.3. The van der Waals surface area contributed by atoms with Gasteiger partial charge in [-0.05, 0) is 37.0 Å². The van der Waals surface area contributed by atoms with Crippen LogP contribution in [-0.2, 0) is 27.7 Å². The lowest BCUT2D eigenvalue weighted by Crippen LogP contribution is -2.49. The van der Waals surface area contributed by atoms with Crippen molar-refractivity contribution in [2.75, 3.05) is 26.2 Å². The molecule has 1 N–H and O–H groups in total. The first-order valence-corrected chi connectivity index (χ1v) is 10.9. The Morgan fingerprint density at radius 1 is 1.06 bits per heavy atom. The van der Waals surface area contributed by atoms with Gasteiger partial charge in [-0.1, -0.05) is 25.0 Å². The second kappa shape index (κ2) is 9.63. The fourth-order valence-electron chi connectivity index (χ4n) is 4.50. The second-order valence-corrected chi connectivity index (χ2v) is 8.79. The maximum Gasteiger partial charge on any atom is 0.425 e. The predicted octanol–water partition coefficient (Wildman–Crippen LogP) is 4.81. The SMILES string of the molecule is CC(OC(=O)N1CCN(Cc2ccc(C3(C(=O)O)CCCC3)cc2C(F)(F)F)CC1)C(F)(F)F. The molecule has 1 aromatic rings. The molecule has 6 nitrogen and oxygen atoms in total. The van der Waals surface area contributed by atoms with Crippen LogP contribution in [0, 0.1) is 0 Å². The van der Waals surface area contributed by atoms with E-state index in [1.54, 1.807) is 4.90 Å². The van der Waals surface area contributed by atoms with Gasteiger partial charge in [0.05, 0.1) is 11.0 Å². The zero-order valence-electron chi connectivity index (χ0n) is 18.5. The van der Waals surface area contributed by atoms with Crippen LogP contribution in [0.15, 0.2) is 18.2 Å². The van der Waals surface area contributed by atoms with Gasteiger partial charge in [0.15, 0.2) is 6.10 Å². The number of piperazine rings is 1. The number of hydrogen-bond acceptors (Lipinski definition) is 4. The topological polar surface area (TPSA) is 70.1 Å². The number of halogens is 6. The van der Waals surface area contributed by atoms with Gasteiger partial charge < -0.3 is 14.7 Å². The molecule has 3 rings (SSSR count). The minimum absolute atomic E-state index is 0.00493. The first kappa shape index (κ1) is 26.1. The zero-order valence-corrected chi connectivity index (χ0v) is 18.5. The molecule has 1 saturated heterocycles. The van der Waals surface area contributed by atoms with Crippen LogP contribution in [0.5, 0.6) is 0 Å². The molecule has 1 saturated carbocycles. The van der Waals surface area contributed by atoms with Gasteiger partial charge in [-0.25, -0.2) is 4.79 Å². The molecule has 1 atom stereocenters. The van der Waals surface area contributed by atoms with Gasteiger partial charge in [-0.2, -0.15) is 26.3 Å². The number of carbonyl (C=O) groups is 2. The van der Waals surface area contributed by atoms with Crippen molar-refractivity contribution in [1.82, 2.24) is 9.80 Å². The number of nitrogens with zero attached hydrogens (tertiary/aromatic N) is 2. The first-order valence-electron chi connectivity index (χ1n) is 10.9. The van der Waals surface area contributed by atoms with E-state index in [0.29, 0.717) is 12.8 Å². The van der Waals surface area contributed by atoms with E-state index in [0.717, 1.165) is 17.9 Å². The average molecular weight is 496 g/mol. The monoisotopic (exact) mass is 496 g/mol. The minimum atomic E-state index is -4.69. The smallest absolute Gasteiger partial charge is 0.425 e. The van der Waals surface area contributed by atoms with Crippen molar-refractivity contribution >= 4 is 12.1 Å². The molecule has 2 aliphatic rings. The number of alkyl halides is 6. The number of carbonyl (C=O) groups excluding carboxylic acids is 1. The van der Waals surface area contributed by atoms with Crippen LogP contribution < -0.4 is 0 Å². The lowest BCUT2D eigenvalue weighted by Gasteiger charge is -2.35. The van der Waals surface area contributed by atoms with E-state index in [4.69, 9.17) is 0 Å². The van der Waals surface area contributed by atoms with Crippen LogP contribution in [0.25, 0.3) is 0 Å². The summed E-state index contributed by atoms with van der Waals surface area (Å²) in [5, 5.41) is 9.72. The Morgan fingerprint density at radius 2 is 1.65 bits per heavy atom. The fraction of sp³-hybridized carbons (Fsp3) is 0.636. The van der Waals surface area contributed by atoms with Crippen LogP contribution in [0.4, 0.5) is 31.1 Å². The van der Waals surface area contributed by atoms with Crippen molar-refractivity contribution in [3.05, 3.63) is 34.9 Å².